The number of aromatic nitrogens is 2. The summed E-state index contributed by atoms with van der Waals surface area (Å²) in [5, 5.41) is 0. The summed E-state index contributed by atoms with van der Waals surface area (Å²) in [5.74, 6) is 0. The normalized spacial score (nSPS) is 14.5. The summed E-state index contributed by atoms with van der Waals surface area (Å²) in [6, 6.07) is 1.33. The molecule has 0 saturated carbocycles. The zero-order valence-electron chi connectivity index (χ0n) is 9.60. The molecule has 1 aliphatic rings. The van der Waals surface area contributed by atoms with Crippen LogP contribution in [0.15, 0.2) is 39.5 Å². The number of nitrogens with zero attached hydrogens (tertiary/aromatic N) is 1. The van der Waals surface area contributed by atoms with E-state index in [1.165, 1.54) is 6.07 Å². The number of nitrogens with one attached hydrogen (secondary N) is 1. The molecule has 0 saturated heterocycles. The van der Waals surface area contributed by atoms with Crippen LogP contribution in [0, 0.1) is 6.92 Å². The van der Waals surface area contributed by atoms with Crippen LogP contribution in [0.4, 0.5) is 0 Å². The number of hydrogen-bond acceptors (Lipinski definition) is 3. The topological polar surface area (TPSA) is 64.1 Å². The number of aromatic amines is 1. The third-order valence-electron chi connectivity index (χ3n) is 2.55. The second-order valence-electron chi connectivity index (χ2n) is 3.94. The molecule has 0 spiro atoms. The molecule has 0 fully saturated rings. The number of allylic oxidation sites excluding steroid dienone is 3. The van der Waals surface area contributed by atoms with E-state index in [0.717, 1.165) is 23.1 Å². The zero-order valence-corrected chi connectivity index (χ0v) is 9.60. The molecule has 5 heteroatoms. The number of hydrogen-bond donors (Lipinski definition) is 1. The monoisotopic (exact) mass is 234 g/mol. The summed E-state index contributed by atoms with van der Waals surface area (Å²) in [7, 11) is 0. The molecule has 0 radical (unpaired) electrons. The lowest BCUT2D eigenvalue weighted by Gasteiger charge is -2.13. The minimum absolute atomic E-state index is 0.358. The molecule has 0 aromatic carbocycles. The predicted octanol–water partition coefficient (Wildman–Crippen LogP) is 0.550. The molecule has 0 unspecified atom stereocenters. The van der Waals surface area contributed by atoms with Gasteiger partial charge in [0, 0.05) is 6.07 Å². The molecule has 5 nitrogen and oxygen atoms in total. The third-order valence-corrected chi connectivity index (χ3v) is 2.55. The summed E-state index contributed by atoms with van der Waals surface area (Å²) in [5.41, 5.74) is 0.671. The van der Waals surface area contributed by atoms with E-state index in [0.29, 0.717) is 12.3 Å². The van der Waals surface area contributed by atoms with E-state index < -0.39 is 11.2 Å². The lowest BCUT2D eigenvalue weighted by Crippen LogP contribution is -2.36. The largest absolute Gasteiger partial charge is 0.405 e. The maximum absolute atomic E-state index is 11.5. The molecule has 1 aliphatic carbocycles. The second kappa shape index (κ2) is 4.86. The van der Waals surface area contributed by atoms with Crippen molar-refractivity contribution in [3.8, 4) is 0 Å². The number of aryl methyl sites for hydroxylation is 1. The molecule has 90 valence electrons. The lowest BCUT2D eigenvalue weighted by atomic mass is 10.1. The van der Waals surface area contributed by atoms with E-state index in [4.69, 9.17) is 4.84 Å². The highest BCUT2D eigenvalue weighted by Gasteiger charge is 2.05. The maximum Gasteiger partial charge on any atom is 0.361 e. The van der Waals surface area contributed by atoms with Gasteiger partial charge in [-0.3, -0.25) is 9.78 Å². The van der Waals surface area contributed by atoms with Crippen molar-refractivity contribution in [3.63, 3.8) is 0 Å². The van der Waals surface area contributed by atoms with Crippen LogP contribution in [0.1, 0.15) is 18.5 Å². The van der Waals surface area contributed by atoms with Crippen molar-refractivity contribution < 1.29 is 4.84 Å². The van der Waals surface area contributed by atoms with Gasteiger partial charge in [0.05, 0.1) is 5.69 Å². The highest BCUT2D eigenvalue weighted by Crippen LogP contribution is 2.10. The van der Waals surface area contributed by atoms with Crippen LogP contribution in [0.5, 0.6) is 0 Å². The Labute approximate surface area is 98.0 Å². The molecule has 0 amide bonds. The van der Waals surface area contributed by atoms with E-state index in [2.05, 4.69) is 11.1 Å². The first-order valence-corrected chi connectivity index (χ1v) is 5.47. The van der Waals surface area contributed by atoms with Gasteiger partial charge in [-0.1, -0.05) is 18.2 Å². The first-order valence-electron chi connectivity index (χ1n) is 5.47. The average molecular weight is 234 g/mol. The molecule has 0 aliphatic heterocycles. The SMILES string of the molecule is Cc1cc(=O)[nH]c(=O)n1OCC1=CC=CCC1. The summed E-state index contributed by atoms with van der Waals surface area (Å²) < 4.78 is 1.11. The Balaban J connectivity index is 2.14. The van der Waals surface area contributed by atoms with Crippen molar-refractivity contribution in [2.24, 2.45) is 0 Å². The Morgan fingerprint density at radius 1 is 1.47 bits per heavy atom. The van der Waals surface area contributed by atoms with Gasteiger partial charge in [-0.25, -0.2) is 4.79 Å². The number of H-pyrrole nitrogens is 1. The van der Waals surface area contributed by atoms with Gasteiger partial charge in [0.2, 0.25) is 0 Å². The molecule has 1 N–H and O–H groups in total. The molecule has 1 aromatic rings. The van der Waals surface area contributed by atoms with Crippen LogP contribution in [-0.2, 0) is 0 Å². The molecule has 17 heavy (non-hydrogen) atoms. The van der Waals surface area contributed by atoms with Crippen LogP contribution in [0.25, 0.3) is 0 Å². The van der Waals surface area contributed by atoms with Crippen molar-refractivity contribution in [1.29, 1.82) is 0 Å². The minimum Gasteiger partial charge on any atom is -0.405 e. The summed E-state index contributed by atoms with van der Waals surface area (Å²) >= 11 is 0. The van der Waals surface area contributed by atoms with E-state index in [1.54, 1.807) is 6.92 Å². The van der Waals surface area contributed by atoms with E-state index in [1.807, 2.05) is 12.2 Å². The summed E-state index contributed by atoms with van der Waals surface area (Å²) in [4.78, 5) is 30.1. The Morgan fingerprint density at radius 3 is 2.94 bits per heavy atom. The Hall–Kier alpha value is -2.04. The van der Waals surface area contributed by atoms with E-state index >= 15 is 0 Å². The van der Waals surface area contributed by atoms with Crippen LogP contribution in [-0.4, -0.2) is 16.3 Å². The van der Waals surface area contributed by atoms with Crippen LogP contribution in [0.2, 0.25) is 0 Å². The third kappa shape index (κ3) is 2.75. The molecule has 0 bridgehead atoms. The van der Waals surface area contributed by atoms with Gasteiger partial charge in [-0.2, -0.15) is 0 Å². The summed E-state index contributed by atoms with van der Waals surface area (Å²) in [6.45, 7) is 2.02. The van der Waals surface area contributed by atoms with Gasteiger partial charge < -0.3 is 4.84 Å². The first kappa shape index (κ1) is 11.4. The maximum atomic E-state index is 11.5. The zero-order chi connectivity index (χ0) is 12.3. The second-order valence-corrected chi connectivity index (χ2v) is 3.94. The van der Waals surface area contributed by atoms with Crippen LogP contribution >= 0.6 is 0 Å². The van der Waals surface area contributed by atoms with Crippen molar-refractivity contribution in [2.75, 3.05) is 6.61 Å². The van der Waals surface area contributed by atoms with E-state index in [-0.39, 0.29) is 0 Å². The standard InChI is InChI=1S/C12H14N2O3/c1-9-7-11(15)13-12(16)14(9)17-8-10-5-3-2-4-6-10/h2-3,5,7H,4,6,8H2,1H3,(H,13,15,16). The Bertz CT molecular complexity index is 578. The summed E-state index contributed by atoms with van der Waals surface area (Å²) in [6.07, 6.45) is 7.98. The Kier molecular flexibility index (Phi) is 3.27. The highest BCUT2D eigenvalue weighted by atomic mass is 16.7. The van der Waals surface area contributed by atoms with Crippen molar-refractivity contribution in [2.45, 2.75) is 19.8 Å². The van der Waals surface area contributed by atoms with Crippen molar-refractivity contribution in [1.82, 2.24) is 9.71 Å². The molecule has 1 aromatic heterocycles. The molecule has 0 atom stereocenters. The average Bonchev–Trinajstić information content (AvgIpc) is 2.29. The van der Waals surface area contributed by atoms with Crippen LogP contribution < -0.4 is 16.1 Å². The first-order chi connectivity index (χ1) is 8.16. The highest BCUT2D eigenvalue weighted by molar-refractivity contribution is 5.17. The van der Waals surface area contributed by atoms with Crippen molar-refractivity contribution >= 4 is 0 Å². The molecule has 1 heterocycles. The quantitative estimate of drug-likeness (QED) is 0.830. The van der Waals surface area contributed by atoms with Gasteiger partial charge >= 0.3 is 5.69 Å². The van der Waals surface area contributed by atoms with Gasteiger partial charge in [0.1, 0.15) is 6.61 Å². The molecular weight excluding hydrogens is 220 g/mol. The van der Waals surface area contributed by atoms with Gasteiger partial charge in [0.15, 0.2) is 0 Å². The fourth-order valence-electron chi connectivity index (χ4n) is 1.68. The smallest absolute Gasteiger partial charge is 0.361 e. The minimum atomic E-state index is -0.540. The lowest BCUT2D eigenvalue weighted by molar-refractivity contribution is 0.110. The predicted molar refractivity (Wildman–Crippen MR) is 64.0 cm³/mol. The molecular formula is C12H14N2O3. The van der Waals surface area contributed by atoms with Gasteiger partial charge in [-0.15, -0.1) is 4.73 Å². The van der Waals surface area contributed by atoms with Crippen molar-refractivity contribution in [3.05, 3.63) is 56.4 Å². The molecule has 2 rings (SSSR count). The van der Waals surface area contributed by atoms with Crippen LogP contribution in [0.3, 0.4) is 0 Å². The van der Waals surface area contributed by atoms with E-state index in [9.17, 15) is 9.59 Å². The fourth-order valence-corrected chi connectivity index (χ4v) is 1.68. The fraction of sp³-hybridized carbons (Fsp3) is 0.333. The van der Waals surface area contributed by atoms with Gasteiger partial charge in [0.25, 0.3) is 5.56 Å². The number of rotatable bonds is 3. The Morgan fingerprint density at radius 2 is 2.29 bits per heavy atom. The van der Waals surface area contributed by atoms with Gasteiger partial charge in [-0.05, 0) is 25.3 Å².